The van der Waals surface area contributed by atoms with Gasteiger partial charge < -0.3 is 15.4 Å². The third kappa shape index (κ3) is 5.83. The van der Waals surface area contributed by atoms with Gasteiger partial charge in [-0.05, 0) is 25.5 Å². The minimum absolute atomic E-state index is 0.0558. The van der Waals surface area contributed by atoms with Crippen molar-refractivity contribution in [1.29, 1.82) is 5.26 Å². The number of esters is 1. The van der Waals surface area contributed by atoms with Crippen molar-refractivity contribution in [3.05, 3.63) is 41.6 Å². The summed E-state index contributed by atoms with van der Waals surface area (Å²) in [5.41, 5.74) is 0.504. The number of ether oxygens (including phenoxy) is 1. The summed E-state index contributed by atoms with van der Waals surface area (Å²) in [6.07, 6.45) is 3.35. The standard InChI is InChI=1S/C17H21N3O3/c1-3-5-10-19-12-13(11-18)16(21)20-15-9-7-6-8-14(15)17(22)23-4-2/h6-9,12,19H,3-5,10H2,1-2H3,(H,20,21)/b13-12-. The monoisotopic (exact) mass is 315 g/mol. The molecule has 0 saturated heterocycles. The van der Waals surface area contributed by atoms with Gasteiger partial charge in [-0.15, -0.1) is 0 Å². The Kier molecular flexibility index (Phi) is 7.94. The molecular formula is C17H21N3O3. The summed E-state index contributed by atoms with van der Waals surface area (Å²) < 4.78 is 4.95. The minimum Gasteiger partial charge on any atom is -0.462 e. The van der Waals surface area contributed by atoms with Crippen molar-refractivity contribution in [2.24, 2.45) is 0 Å². The maximum Gasteiger partial charge on any atom is 0.340 e. The van der Waals surface area contributed by atoms with Crippen LogP contribution in [0.15, 0.2) is 36.0 Å². The van der Waals surface area contributed by atoms with Crippen molar-refractivity contribution in [3.63, 3.8) is 0 Å². The van der Waals surface area contributed by atoms with Gasteiger partial charge in [-0.1, -0.05) is 25.5 Å². The van der Waals surface area contributed by atoms with Crippen LogP contribution in [0.1, 0.15) is 37.0 Å². The summed E-state index contributed by atoms with van der Waals surface area (Å²) in [6.45, 7) is 4.69. The normalized spacial score (nSPS) is 10.6. The van der Waals surface area contributed by atoms with E-state index in [0.717, 1.165) is 12.8 Å². The van der Waals surface area contributed by atoms with Crippen LogP contribution in [0.5, 0.6) is 0 Å². The fraction of sp³-hybridized carbons (Fsp3) is 0.353. The number of nitriles is 1. The maximum absolute atomic E-state index is 12.1. The zero-order valence-corrected chi connectivity index (χ0v) is 13.4. The molecule has 0 saturated carbocycles. The fourth-order valence-electron chi connectivity index (χ4n) is 1.77. The lowest BCUT2D eigenvalue weighted by atomic mass is 10.1. The first-order chi connectivity index (χ1) is 11.1. The van der Waals surface area contributed by atoms with Gasteiger partial charge in [0.15, 0.2) is 0 Å². The van der Waals surface area contributed by atoms with Crippen LogP contribution in [0.25, 0.3) is 0 Å². The zero-order valence-electron chi connectivity index (χ0n) is 13.4. The molecule has 1 amide bonds. The van der Waals surface area contributed by atoms with E-state index in [2.05, 4.69) is 17.6 Å². The average Bonchev–Trinajstić information content (AvgIpc) is 2.55. The molecule has 0 aliphatic heterocycles. The molecule has 23 heavy (non-hydrogen) atoms. The van der Waals surface area contributed by atoms with E-state index >= 15 is 0 Å². The number of rotatable bonds is 8. The highest BCUT2D eigenvalue weighted by Gasteiger charge is 2.16. The van der Waals surface area contributed by atoms with Crippen molar-refractivity contribution in [1.82, 2.24) is 5.32 Å². The fourth-order valence-corrected chi connectivity index (χ4v) is 1.77. The van der Waals surface area contributed by atoms with E-state index in [4.69, 9.17) is 10.00 Å². The van der Waals surface area contributed by atoms with Crippen LogP contribution >= 0.6 is 0 Å². The Hall–Kier alpha value is -2.81. The van der Waals surface area contributed by atoms with E-state index in [1.54, 1.807) is 31.2 Å². The predicted octanol–water partition coefficient (Wildman–Crippen LogP) is 2.60. The van der Waals surface area contributed by atoms with Crippen molar-refractivity contribution in [2.75, 3.05) is 18.5 Å². The topological polar surface area (TPSA) is 91.2 Å². The van der Waals surface area contributed by atoms with Gasteiger partial charge in [0.2, 0.25) is 0 Å². The number of unbranched alkanes of at least 4 members (excludes halogenated alkanes) is 1. The molecule has 6 nitrogen and oxygen atoms in total. The molecule has 0 unspecified atom stereocenters. The van der Waals surface area contributed by atoms with Crippen LogP contribution in [-0.4, -0.2) is 25.0 Å². The van der Waals surface area contributed by atoms with Crippen LogP contribution in [-0.2, 0) is 9.53 Å². The first-order valence-electron chi connectivity index (χ1n) is 7.55. The SMILES string of the molecule is CCCCN/C=C(/C#N)C(=O)Nc1ccccc1C(=O)OCC. The predicted molar refractivity (Wildman–Crippen MR) is 87.6 cm³/mol. The van der Waals surface area contributed by atoms with Gasteiger partial charge in [0.25, 0.3) is 5.91 Å². The molecule has 0 bridgehead atoms. The molecular weight excluding hydrogens is 294 g/mol. The molecule has 0 aliphatic carbocycles. The molecule has 1 rings (SSSR count). The van der Waals surface area contributed by atoms with Gasteiger partial charge in [-0.25, -0.2) is 4.79 Å². The number of amides is 1. The Morgan fingerprint density at radius 2 is 2.04 bits per heavy atom. The van der Waals surface area contributed by atoms with E-state index < -0.39 is 11.9 Å². The molecule has 122 valence electrons. The van der Waals surface area contributed by atoms with Crippen molar-refractivity contribution in [2.45, 2.75) is 26.7 Å². The lowest BCUT2D eigenvalue weighted by Crippen LogP contribution is -2.19. The Morgan fingerprint density at radius 3 is 2.70 bits per heavy atom. The van der Waals surface area contributed by atoms with Crippen molar-refractivity contribution >= 4 is 17.6 Å². The molecule has 0 radical (unpaired) electrons. The van der Waals surface area contributed by atoms with E-state index in [9.17, 15) is 9.59 Å². The second-order valence-electron chi connectivity index (χ2n) is 4.70. The number of anilines is 1. The van der Waals surface area contributed by atoms with Crippen LogP contribution in [0.4, 0.5) is 5.69 Å². The van der Waals surface area contributed by atoms with Gasteiger partial charge in [0.05, 0.1) is 17.9 Å². The molecule has 0 spiro atoms. The van der Waals surface area contributed by atoms with E-state index in [1.807, 2.05) is 6.07 Å². The highest BCUT2D eigenvalue weighted by Crippen LogP contribution is 2.17. The zero-order chi connectivity index (χ0) is 17.1. The van der Waals surface area contributed by atoms with Crippen molar-refractivity contribution in [3.8, 4) is 6.07 Å². The van der Waals surface area contributed by atoms with E-state index in [-0.39, 0.29) is 17.7 Å². The summed E-state index contributed by atoms with van der Waals surface area (Å²) in [5, 5.41) is 14.6. The first kappa shape index (κ1) is 18.2. The summed E-state index contributed by atoms with van der Waals surface area (Å²) >= 11 is 0. The summed E-state index contributed by atoms with van der Waals surface area (Å²) in [5.74, 6) is -1.10. The van der Waals surface area contributed by atoms with Crippen LogP contribution < -0.4 is 10.6 Å². The molecule has 0 fully saturated rings. The molecule has 0 aliphatic rings. The number of nitrogens with zero attached hydrogens (tertiary/aromatic N) is 1. The number of hydrogen-bond acceptors (Lipinski definition) is 5. The summed E-state index contributed by atoms with van der Waals surface area (Å²) in [6, 6.07) is 8.35. The number of benzene rings is 1. The number of carbonyl (C=O) groups is 2. The third-order valence-corrected chi connectivity index (χ3v) is 2.96. The largest absolute Gasteiger partial charge is 0.462 e. The Labute approximate surface area is 136 Å². The van der Waals surface area contributed by atoms with Crippen LogP contribution in [0.3, 0.4) is 0 Å². The summed E-state index contributed by atoms with van der Waals surface area (Å²) in [4.78, 5) is 24.0. The van der Waals surface area contributed by atoms with E-state index in [0.29, 0.717) is 12.2 Å². The number of carbonyl (C=O) groups excluding carboxylic acids is 2. The molecule has 1 aromatic rings. The van der Waals surface area contributed by atoms with Crippen LogP contribution in [0.2, 0.25) is 0 Å². The molecule has 6 heteroatoms. The molecule has 0 aromatic heterocycles. The Balaban J connectivity index is 2.84. The Bertz CT molecular complexity index is 618. The number of nitrogens with one attached hydrogen (secondary N) is 2. The average molecular weight is 315 g/mol. The van der Waals surface area contributed by atoms with Crippen molar-refractivity contribution < 1.29 is 14.3 Å². The highest BCUT2D eigenvalue weighted by atomic mass is 16.5. The molecule has 0 heterocycles. The quantitative estimate of drug-likeness (QED) is 0.333. The smallest absolute Gasteiger partial charge is 0.340 e. The maximum atomic E-state index is 12.1. The minimum atomic E-state index is -0.576. The number of hydrogen-bond donors (Lipinski definition) is 2. The highest BCUT2D eigenvalue weighted by molar-refractivity contribution is 6.09. The van der Waals surface area contributed by atoms with Gasteiger partial charge >= 0.3 is 5.97 Å². The second-order valence-corrected chi connectivity index (χ2v) is 4.70. The van der Waals surface area contributed by atoms with Gasteiger partial charge in [-0.3, -0.25) is 4.79 Å². The third-order valence-electron chi connectivity index (χ3n) is 2.96. The van der Waals surface area contributed by atoms with Gasteiger partial charge in [-0.2, -0.15) is 5.26 Å². The molecule has 1 aromatic carbocycles. The lowest BCUT2D eigenvalue weighted by molar-refractivity contribution is -0.112. The van der Waals surface area contributed by atoms with Crippen LogP contribution in [0, 0.1) is 11.3 Å². The molecule has 2 N–H and O–H groups in total. The van der Waals surface area contributed by atoms with E-state index in [1.165, 1.54) is 6.20 Å². The first-order valence-corrected chi connectivity index (χ1v) is 7.55. The number of para-hydroxylation sites is 1. The summed E-state index contributed by atoms with van der Waals surface area (Å²) in [7, 11) is 0. The van der Waals surface area contributed by atoms with Gasteiger partial charge in [0, 0.05) is 12.7 Å². The lowest BCUT2D eigenvalue weighted by Gasteiger charge is -2.10. The van der Waals surface area contributed by atoms with Gasteiger partial charge in [0.1, 0.15) is 11.6 Å². The molecule has 0 atom stereocenters. The second kappa shape index (κ2) is 10.0. The Morgan fingerprint density at radius 1 is 1.30 bits per heavy atom.